The topological polar surface area (TPSA) is 58.9 Å². The number of rotatable bonds is 7. The van der Waals surface area contributed by atoms with E-state index in [0.29, 0.717) is 17.0 Å². The fraction of sp³-hybridized carbons (Fsp3) is 0.231. The highest BCUT2D eigenvalue weighted by Gasteiger charge is 2.17. The van der Waals surface area contributed by atoms with Crippen LogP contribution in [-0.2, 0) is 0 Å². The largest absolute Gasteiger partial charge is 0.495 e. The van der Waals surface area contributed by atoms with Crippen molar-refractivity contribution < 1.29 is 9.53 Å². The molecule has 6 heteroatoms. The molecule has 0 aliphatic heterocycles. The molecule has 0 bridgehead atoms. The lowest BCUT2D eigenvalue weighted by molar-refractivity contribution is 0.102. The van der Waals surface area contributed by atoms with Crippen LogP contribution in [0.4, 0.5) is 11.5 Å². The summed E-state index contributed by atoms with van der Waals surface area (Å²) in [7, 11) is 1.60. The summed E-state index contributed by atoms with van der Waals surface area (Å²) in [6.07, 6.45) is 1.85. The zero-order valence-corrected chi connectivity index (χ0v) is 18.9. The molecule has 2 aromatic carbocycles. The van der Waals surface area contributed by atoms with E-state index in [2.05, 4.69) is 29.0 Å². The fourth-order valence-corrected chi connectivity index (χ4v) is 4.00. The van der Waals surface area contributed by atoms with Crippen molar-refractivity contribution in [1.82, 2.24) is 9.38 Å². The predicted molar refractivity (Wildman–Crippen MR) is 130 cm³/mol. The monoisotopic (exact) mass is 428 g/mol. The van der Waals surface area contributed by atoms with Gasteiger partial charge in [0.2, 0.25) is 0 Å². The van der Waals surface area contributed by atoms with Gasteiger partial charge in [0.05, 0.1) is 24.1 Å². The average Bonchev–Trinajstić information content (AvgIpc) is 3.15. The molecule has 0 radical (unpaired) electrons. The number of ether oxygens (including phenoxy) is 1. The van der Waals surface area contributed by atoms with E-state index in [1.807, 2.05) is 72.1 Å². The Kier molecular flexibility index (Phi) is 6.12. The molecule has 4 rings (SSSR count). The quantitative estimate of drug-likeness (QED) is 0.427. The van der Waals surface area contributed by atoms with E-state index >= 15 is 0 Å². The third-order valence-electron chi connectivity index (χ3n) is 5.64. The highest BCUT2D eigenvalue weighted by atomic mass is 16.5. The number of carbonyl (C=O) groups excluding carboxylic acids is 1. The van der Waals surface area contributed by atoms with E-state index in [1.54, 1.807) is 13.2 Å². The Morgan fingerprint density at radius 3 is 2.47 bits per heavy atom. The van der Waals surface area contributed by atoms with Crippen molar-refractivity contribution in [2.24, 2.45) is 0 Å². The number of anilines is 2. The van der Waals surface area contributed by atoms with E-state index in [4.69, 9.17) is 4.74 Å². The van der Waals surface area contributed by atoms with Crippen LogP contribution in [0.15, 0.2) is 66.9 Å². The second-order valence-electron chi connectivity index (χ2n) is 7.57. The fourth-order valence-electron chi connectivity index (χ4n) is 4.00. The maximum atomic E-state index is 13.2. The summed E-state index contributed by atoms with van der Waals surface area (Å²) in [6.45, 7) is 7.96. The lowest BCUT2D eigenvalue weighted by atomic mass is 10.0. The number of aromatic nitrogens is 2. The Bertz CT molecular complexity index is 1240. The van der Waals surface area contributed by atoms with Crippen molar-refractivity contribution in [3.63, 3.8) is 0 Å². The first-order valence-electron chi connectivity index (χ1n) is 10.8. The maximum Gasteiger partial charge on any atom is 0.257 e. The normalized spacial score (nSPS) is 10.9. The molecular weight excluding hydrogens is 400 g/mol. The molecule has 32 heavy (non-hydrogen) atoms. The van der Waals surface area contributed by atoms with Crippen LogP contribution in [0, 0.1) is 6.92 Å². The molecule has 0 unspecified atom stereocenters. The van der Waals surface area contributed by atoms with Gasteiger partial charge < -0.3 is 15.0 Å². The third-order valence-corrected chi connectivity index (χ3v) is 5.64. The number of hydrogen-bond acceptors (Lipinski definition) is 4. The van der Waals surface area contributed by atoms with Gasteiger partial charge in [0.1, 0.15) is 17.2 Å². The molecule has 1 amide bonds. The van der Waals surface area contributed by atoms with Crippen LogP contribution in [-0.4, -0.2) is 35.5 Å². The number of amides is 1. The standard InChI is InChI=1S/C26H28N4O2/c1-5-29(6-2)26-18(3)27-24-15-13-21(17-30(24)26)25(31)28-22-16-20(12-14-23(22)32-4)19-10-8-7-9-11-19/h7-17H,5-6H2,1-4H3,(H,28,31). The van der Waals surface area contributed by atoms with Crippen molar-refractivity contribution in [2.75, 3.05) is 30.4 Å². The summed E-state index contributed by atoms with van der Waals surface area (Å²) in [5.41, 5.74) is 5.03. The number of aryl methyl sites for hydroxylation is 1. The van der Waals surface area contributed by atoms with E-state index in [0.717, 1.165) is 41.4 Å². The molecule has 0 spiro atoms. The van der Waals surface area contributed by atoms with Crippen LogP contribution in [0.3, 0.4) is 0 Å². The molecule has 2 heterocycles. The molecule has 6 nitrogen and oxygen atoms in total. The summed E-state index contributed by atoms with van der Waals surface area (Å²) < 4.78 is 7.48. The smallest absolute Gasteiger partial charge is 0.257 e. The lowest BCUT2D eigenvalue weighted by Crippen LogP contribution is -2.24. The number of pyridine rings is 1. The summed E-state index contributed by atoms with van der Waals surface area (Å²) in [6, 6.07) is 19.5. The molecule has 2 aromatic heterocycles. The van der Waals surface area contributed by atoms with Gasteiger partial charge in [-0.05, 0) is 56.2 Å². The third kappa shape index (κ3) is 4.04. The number of methoxy groups -OCH3 is 1. The minimum absolute atomic E-state index is 0.202. The molecule has 0 atom stereocenters. The lowest BCUT2D eigenvalue weighted by Gasteiger charge is -2.21. The molecule has 0 aliphatic carbocycles. The summed E-state index contributed by atoms with van der Waals surface area (Å²) in [5, 5.41) is 3.02. The van der Waals surface area contributed by atoms with Crippen LogP contribution < -0.4 is 15.0 Å². The number of fused-ring (bicyclic) bond motifs is 1. The van der Waals surface area contributed by atoms with Crippen molar-refractivity contribution in [2.45, 2.75) is 20.8 Å². The van der Waals surface area contributed by atoms with E-state index in [-0.39, 0.29) is 5.91 Å². The Balaban J connectivity index is 1.69. The summed E-state index contributed by atoms with van der Waals surface area (Å²) >= 11 is 0. The molecule has 0 aliphatic rings. The van der Waals surface area contributed by atoms with Gasteiger partial charge in [-0.1, -0.05) is 36.4 Å². The minimum atomic E-state index is -0.202. The maximum absolute atomic E-state index is 13.2. The van der Waals surface area contributed by atoms with Crippen molar-refractivity contribution >= 4 is 23.1 Å². The van der Waals surface area contributed by atoms with Crippen molar-refractivity contribution in [3.8, 4) is 16.9 Å². The van der Waals surface area contributed by atoms with Crippen LogP contribution in [0.2, 0.25) is 0 Å². The molecule has 4 aromatic rings. The number of benzene rings is 2. The Hall–Kier alpha value is -3.80. The highest BCUT2D eigenvalue weighted by molar-refractivity contribution is 6.05. The second-order valence-corrected chi connectivity index (χ2v) is 7.57. The molecule has 1 N–H and O–H groups in total. The summed E-state index contributed by atoms with van der Waals surface area (Å²) in [5.74, 6) is 1.43. The number of nitrogens with one attached hydrogen (secondary N) is 1. The van der Waals surface area contributed by atoms with Crippen molar-refractivity contribution in [1.29, 1.82) is 0 Å². The van der Waals surface area contributed by atoms with Gasteiger partial charge in [0.25, 0.3) is 5.91 Å². The van der Waals surface area contributed by atoms with Gasteiger partial charge in [-0.25, -0.2) is 4.98 Å². The second kappa shape index (κ2) is 9.14. The SMILES string of the molecule is CCN(CC)c1c(C)nc2ccc(C(=O)Nc3cc(-c4ccccc4)ccc3OC)cn12. The number of imidazole rings is 1. The molecule has 0 saturated carbocycles. The number of carbonyl (C=O) groups is 1. The predicted octanol–water partition coefficient (Wildman–Crippen LogP) is 5.42. The zero-order chi connectivity index (χ0) is 22.7. The first kappa shape index (κ1) is 21.4. The van der Waals surface area contributed by atoms with Gasteiger partial charge in [0, 0.05) is 19.3 Å². The number of hydrogen-bond donors (Lipinski definition) is 1. The Labute approximate surface area is 188 Å². The van der Waals surface area contributed by atoms with Crippen LogP contribution in [0.5, 0.6) is 5.75 Å². The Morgan fingerprint density at radius 1 is 1.03 bits per heavy atom. The van der Waals surface area contributed by atoms with E-state index < -0.39 is 0 Å². The first-order chi connectivity index (χ1) is 15.5. The van der Waals surface area contributed by atoms with Gasteiger partial charge in [-0.2, -0.15) is 0 Å². The molecular formula is C26H28N4O2. The Morgan fingerprint density at radius 2 is 1.78 bits per heavy atom. The van der Waals surface area contributed by atoms with Gasteiger partial charge in [-0.3, -0.25) is 9.20 Å². The van der Waals surface area contributed by atoms with Crippen LogP contribution >= 0.6 is 0 Å². The van der Waals surface area contributed by atoms with Crippen LogP contribution in [0.1, 0.15) is 29.9 Å². The average molecular weight is 429 g/mol. The first-order valence-corrected chi connectivity index (χ1v) is 10.8. The zero-order valence-electron chi connectivity index (χ0n) is 18.9. The molecule has 0 fully saturated rings. The van der Waals surface area contributed by atoms with Crippen molar-refractivity contribution in [3.05, 3.63) is 78.1 Å². The van der Waals surface area contributed by atoms with Crippen LogP contribution in [0.25, 0.3) is 16.8 Å². The van der Waals surface area contributed by atoms with E-state index in [1.165, 1.54) is 0 Å². The van der Waals surface area contributed by atoms with Gasteiger partial charge >= 0.3 is 0 Å². The van der Waals surface area contributed by atoms with E-state index in [9.17, 15) is 4.79 Å². The minimum Gasteiger partial charge on any atom is -0.495 e. The number of nitrogens with zero attached hydrogens (tertiary/aromatic N) is 3. The van der Waals surface area contributed by atoms with Gasteiger partial charge in [-0.15, -0.1) is 0 Å². The highest BCUT2D eigenvalue weighted by Crippen LogP contribution is 2.31. The molecule has 0 saturated heterocycles. The molecule has 164 valence electrons. The van der Waals surface area contributed by atoms with Gasteiger partial charge in [0.15, 0.2) is 0 Å². The summed E-state index contributed by atoms with van der Waals surface area (Å²) in [4.78, 5) is 20.1.